The van der Waals surface area contributed by atoms with Crippen LogP contribution in [0.3, 0.4) is 0 Å². The Kier molecular flexibility index (Phi) is 4.06. The number of aryl methyl sites for hydroxylation is 2. The third kappa shape index (κ3) is 3.17. The number of nitrogens with zero attached hydrogens (tertiary/aromatic N) is 3. The van der Waals surface area contributed by atoms with Gasteiger partial charge in [-0.1, -0.05) is 35.9 Å². The van der Waals surface area contributed by atoms with E-state index in [1.807, 2.05) is 38.1 Å². The molecule has 0 spiro atoms. The summed E-state index contributed by atoms with van der Waals surface area (Å²) >= 11 is 6.22. The normalized spacial score (nSPS) is 13.0. The molecule has 2 aromatic carbocycles. The van der Waals surface area contributed by atoms with Crippen molar-refractivity contribution in [2.24, 2.45) is 0 Å². The second-order valence-electron chi connectivity index (χ2n) is 6.31. The number of hydrogen-bond donors (Lipinski definition) is 1. The predicted octanol–water partition coefficient (Wildman–Crippen LogP) is 5.18. The van der Waals surface area contributed by atoms with Crippen molar-refractivity contribution in [1.29, 1.82) is 0 Å². The third-order valence-corrected chi connectivity index (χ3v) is 4.82. The van der Waals surface area contributed by atoms with Crippen LogP contribution in [0.5, 0.6) is 0 Å². The maximum absolute atomic E-state index is 6.22. The molecule has 0 atom stereocenters. The summed E-state index contributed by atoms with van der Waals surface area (Å²) in [5.74, 6) is 1.50. The van der Waals surface area contributed by atoms with Crippen molar-refractivity contribution in [1.82, 2.24) is 9.97 Å². The Labute approximate surface area is 152 Å². The van der Waals surface area contributed by atoms with Crippen LogP contribution in [0.15, 0.2) is 48.5 Å². The lowest BCUT2D eigenvalue weighted by Crippen LogP contribution is -2.17. The second-order valence-corrected chi connectivity index (χ2v) is 6.72. The molecule has 4 rings (SSSR count). The molecular weight excluding hydrogens is 332 g/mol. The highest BCUT2D eigenvalue weighted by atomic mass is 35.5. The molecule has 3 aromatic rings. The summed E-state index contributed by atoms with van der Waals surface area (Å²) in [6.45, 7) is 4.88. The van der Waals surface area contributed by atoms with Gasteiger partial charge in [-0.05, 0) is 49.6 Å². The largest absolute Gasteiger partial charge is 0.340 e. The SMILES string of the molecule is Cc1cc(Nc2ccc(C)c(Cl)c2)nc(N2CCc3ccccc32)n1. The molecular formula is C20H19ClN4. The van der Waals surface area contributed by atoms with E-state index in [1.54, 1.807) is 0 Å². The van der Waals surface area contributed by atoms with E-state index in [-0.39, 0.29) is 0 Å². The summed E-state index contributed by atoms with van der Waals surface area (Å²) in [6, 6.07) is 16.3. The van der Waals surface area contributed by atoms with Crippen molar-refractivity contribution in [3.8, 4) is 0 Å². The second kappa shape index (κ2) is 6.37. The van der Waals surface area contributed by atoms with Gasteiger partial charge in [0.2, 0.25) is 5.95 Å². The number of fused-ring (bicyclic) bond motifs is 1. The molecule has 0 unspecified atom stereocenters. The van der Waals surface area contributed by atoms with Gasteiger partial charge in [0, 0.05) is 34.7 Å². The monoisotopic (exact) mass is 350 g/mol. The highest BCUT2D eigenvalue weighted by Crippen LogP contribution is 2.33. The first kappa shape index (κ1) is 15.9. The van der Waals surface area contributed by atoms with E-state index in [0.29, 0.717) is 0 Å². The number of nitrogens with one attached hydrogen (secondary N) is 1. The number of anilines is 4. The van der Waals surface area contributed by atoms with E-state index in [1.165, 1.54) is 11.3 Å². The Balaban J connectivity index is 1.66. The molecule has 25 heavy (non-hydrogen) atoms. The first-order chi connectivity index (χ1) is 12.1. The Morgan fingerprint density at radius 3 is 2.72 bits per heavy atom. The molecule has 1 N–H and O–H groups in total. The van der Waals surface area contributed by atoms with Gasteiger partial charge >= 0.3 is 0 Å². The van der Waals surface area contributed by atoms with E-state index in [4.69, 9.17) is 16.6 Å². The summed E-state index contributed by atoms with van der Waals surface area (Å²) in [5, 5.41) is 4.08. The lowest BCUT2D eigenvalue weighted by atomic mass is 10.2. The molecule has 0 aliphatic carbocycles. The van der Waals surface area contributed by atoms with Crippen molar-refractivity contribution >= 4 is 34.7 Å². The topological polar surface area (TPSA) is 41.1 Å². The minimum absolute atomic E-state index is 0.727. The third-order valence-electron chi connectivity index (χ3n) is 4.42. The van der Waals surface area contributed by atoms with Crippen LogP contribution in [-0.4, -0.2) is 16.5 Å². The Bertz CT molecular complexity index is 939. The molecule has 126 valence electrons. The molecule has 1 aromatic heterocycles. The fraction of sp³-hybridized carbons (Fsp3) is 0.200. The molecule has 0 saturated heterocycles. The van der Waals surface area contributed by atoms with Gasteiger partial charge in [-0.2, -0.15) is 4.98 Å². The van der Waals surface area contributed by atoms with E-state index < -0.39 is 0 Å². The van der Waals surface area contributed by atoms with Crippen LogP contribution in [-0.2, 0) is 6.42 Å². The van der Waals surface area contributed by atoms with Gasteiger partial charge in [0.1, 0.15) is 5.82 Å². The molecule has 0 bridgehead atoms. The average Bonchev–Trinajstić information content (AvgIpc) is 3.02. The first-order valence-corrected chi connectivity index (χ1v) is 8.72. The first-order valence-electron chi connectivity index (χ1n) is 8.34. The minimum Gasteiger partial charge on any atom is -0.340 e. The maximum Gasteiger partial charge on any atom is 0.232 e. The zero-order valence-corrected chi connectivity index (χ0v) is 15.0. The lowest BCUT2D eigenvalue weighted by Gasteiger charge is -2.18. The van der Waals surface area contributed by atoms with Gasteiger partial charge in [0.05, 0.1) is 0 Å². The molecule has 5 heteroatoms. The number of aromatic nitrogens is 2. The van der Waals surface area contributed by atoms with Gasteiger partial charge in [-0.3, -0.25) is 0 Å². The maximum atomic E-state index is 6.22. The predicted molar refractivity (Wildman–Crippen MR) is 103 cm³/mol. The molecule has 1 aliphatic rings. The zero-order chi connectivity index (χ0) is 17.4. The number of halogens is 1. The van der Waals surface area contributed by atoms with Gasteiger partial charge in [0.25, 0.3) is 0 Å². The van der Waals surface area contributed by atoms with Gasteiger partial charge < -0.3 is 10.2 Å². The van der Waals surface area contributed by atoms with Crippen LogP contribution in [0.1, 0.15) is 16.8 Å². The van der Waals surface area contributed by atoms with E-state index in [2.05, 4.69) is 39.5 Å². The van der Waals surface area contributed by atoms with Crippen LogP contribution < -0.4 is 10.2 Å². The van der Waals surface area contributed by atoms with Crippen molar-refractivity contribution in [3.63, 3.8) is 0 Å². The number of hydrogen-bond acceptors (Lipinski definition) is 4. The zero-order valence-electron chi connectivity index (χ0n) is 14.3. The van der Waals surface area contributed by atoms with Crippen molar-refractivity contribution in [3.05, 3.63) is 70.4 Å². The highest BCUT2D eigenvalue weighted by molar-refractivity contribution is 6.31. The number of benzene rings is 2. The van der Waals surface area contributed by atoms with Gasteiger partial charge in [-0.25, -0.2) is 4.98 Å². The fourth-order valence-electron chi connectivity index (χ4n) is 3.10. The fourth-order valence-corrected chi connectivity index (χ4v) is 3.28. The Morgan fingerprint density at radius 1 is 1.04 bits per heavy atom. The number of para-hydroxylation sites is 1. The van der Waals surface area contributed by atoms with Gasteiger partial charge in [-0.15, -0.1) is 0 Å². The smallest absolute Gasteiger partial charge is 0.232 e. The lowest BCUT2D eigenvalue weighted by molar-refractivity contribution is 0.931. The van der Waals surface area contributed by atoms with Gasteiger partial charge in [0.15, 0.2) is 0 Å². The van der Waals surface area contributed by atoms with Crippen molar-refractivity contribution in [2.75, 3.05) is 16.8 Å². The van der Waals surface area contributed by atoms with E-state index >= 15 is 0 Å². The molecule has 1 aliphatic heterocycles. The summed E-state index contributed by atoms with van der Waals surface area (Å²) in [6.07, 6.45) is 1.02. The summed E-state index contributed by atoms with van der Waals surface area (Å²) in [4.78, 5) is 11.5. The van der Waals surface area contributed by atoms with E-state index in [9.17, 15) is 0 Å². The standard InChI is InChI=1S/C20H19ClN4/c1-13-7-8-16(12-17(13)21)23-19-11-14(2)22-20(24-19)25-10-9-15-5-3-4-6-18(15)25/h3-8,11-12H,9-10H2,1-2H3,(H,22,23,24). The minimum atomic E-state index is 0.727. The van der Waals surface area contributed by atoms with Crippen LogP contribution in [0, 0.1) is 13.8 Å². The molecule has 0 saturated carbocycles. The summed E-state index contributed by atoms with van der Waals surface area (Å²) in [7, 11) is 0. The summed E-state index contributed by atoms with van der Waals surface area (Å²) in [5.41, 5.74) is 5.43. The highest BCUT2D eigenvalue weighted by Gasteiger charge is 2.22. The molecule has 4 nitrogen and oxygen atoms in total. The quantitative estimate of drug-likeness (QED) is 0.706. The Morgan fingerprint density at radius 2 is 1.88 bits per heavy atom. The van der Waals surface area contributed by atoms with Crippen LogP contribution in [0.25, 0.3) is 0 Å². The molecule has 2 heterocycles. The van der Waals surface area contributed by atoms with Crippen LogP contribution in [0.2, 0.25) is 5.02 Å². The van der Waals surface area contributed by atoms with Crippen molar-refractivity contribution in [2.45, 2.75) is 20.3 Å². The Hall–Kier alpha value is -2.59. The number of rotatable bonds is 3. The molecule has 0 radical (unpaired) electrons. The van der Waals surface area contributed by atoms with Crippen LogP contribution >= 0.6 is 11.6 Å². The van der Waals surface area contributed by atoms with E-state index in [0.717, 1.165) is 46.7 Å². The summed E-state index contributed by atoms with van der Waals surface area (Å²) < 4.78 is 0. The average molecular weight is 351 g/mol. The molecule has 0 fully saturated rings. The molecule has 0 amide bonds. The van der Waals surface area contributed by atoms with Crippen molar-refractivity contribution < 1.29 is 0 Å². The van der Waals surface area contributed by atoms with Crippen LogP contribution in [0.4, 0.5) is 23.1 Å².